The molecule has 0 spiro atoms. The number of methoxy groups -OCH3 is 1. The van der Waals surface area contributed by atoms with Gasteiger partial charge in [-0.2, -0.15) is 13.2 Å². The Labute approximate surface area is 178 Å². The number of guanidine groups is 1. The summed E-state index contributed by atoms with van der Waals surface area (Å²) < 4.78 is 42.2. The van der Waals surface area contributed by atoms with Gasteiger partial charge in [0.1, 0.15) is 0 Å². The minimum atomic E-state index is -4.14. The van der Waals surface area contributed by atoms with E-state index in [1.807, 2.05) is 6.92 Å². The Kier molecular flexibility index (Phi) is 13.7. The molecule has 1 saturated carbocycles. The Morgan fingerprint density at radius 3 is 2.44 bits per heavy atom. The lowest BCUT2D eigenvalue weighted by Crippen LogP contribution is -2.40. The van der Waals surface area contributed by atoms with Crippen LogP contribution >= 0.6 is 24.0 Å². The highest BCUT2D eigenvalue weighted by molar-refractivity contribution is 14.0. The molecule has 0 unspecified atom stereocenters. The highest BCUT2D eigenvalue weighted by atomic mass is 127. The van der Waals surface area contributed by atoms with Crippen LogP contribution < -0.4 is 10.6 Å². The quantitative estimate of drug-likeness (QED) is 0.194. The highest BCUT2D eigenvalue weighted by Crippen LogP contribution is 2.41. The summed E-state index contributed by atoms with van der Waals surface area (Å²) in [5.41, 5.74) is 0.227. The van der Waals surface area contributed by atoms with E-state index < -0.39 is 12.7 Å². The van der Waals surface area contributed by atoms with Gasteiger partial charge in [-0.05, 0) is 51.6 Å². The van der Waals surface area contributed by atoms with E-state index in [4.69, 9.17) is 9.73 Å². The van der Waals surface area contributed by atoms with Crippen LogP contribution in [0.25, 0.3) is 0 Å². The molecule has 1 aliphatic rings. The van der Waals surface area contributed by atoms with Gasteiger partial charge in [0.15, 0.2) is 5.96 Å². The normalized spacial score (nSPS) is 17.1. The lowest BCUT2D eigenvalue weighted by atomic mass is 9.83. The minimum Gasteiger partial charge on any atom is -0.385 e. The fourth-order valence-corrected chi connectivity index (χ4v) is 3.46. The van der Waals surface area contributed by atoms with Gasteiger partial charge in [-0.3, -0.25) is 9.89 Å². The first kappa shape index (κ1) is 26.7. The Morgan fingerprint density at radius 1 is 1.22 bits per heavy atom. The van der Waals surface area contributed by atoms with Gasteiger partial charge in [0.25, 0.3) is 0 Å². The molecular formula is C18H36F3IN4O. The van der Waals surface area contributed by atoms with Gasteiger partial charge in [-0.15, -0.1) is 24.0 Å². The molecule has 0 amide bonds. The molecule has 0 radical (unpaired) electrons. The molecule has 0 bridgehead atoms. The van der Waals surface area contributed by atoms with Crippen LogP contribution in [-0.2, 0) is 4.74 Å². The minimum absolute atomic E-state index is 0. The number of hydrogen-bond donors (Lipinski definition) is 2. The second-order valence-electron chi connectivity index (χ2n) is 7.28. The third-order valence-corrected chi connectivity index (χ3v) is 4.88. The van der Waals surface area contributed by atoms with E-state index in [-0.39, 0.29) is 29.4 Å². The van der Waals surface area contributed by atoms with Crippen LogP contribution in [0.4, 0.5) is 13.2 Å². The predicted molar refractivity (Wildman–Crippen MR) is 115 cm³/mol. The molecule has 9 heteroatoms. The first-order chi connectivity index (χ1) is 12.3. The highest BCUT2D eigenvalue weighted by Gasteiger charge is 2.33. The smallest absolute Gasteiger partial charge is 0.385 e. The van der Waals surface area contributed by atoms with Gasteiger partial charge in [-0.25, -0.2) is 0 Å². The second-order valence-corrected chi connectivity index (χ2v) is 7.28. The fourth-order valence-electron chi connectivity index (χ4n) is 3.46. The van der Waals surface area contributed by atoms with Crippen LogP contribution in [0, 0.1) is 5.41 Å². The van der Waals surface area contributed by atoms with E-state index in [1.165, 1.54) is 37.6 Å². The molecule has 1 fully saturated rings. The molecule has 0 aromatic heterocycles. The summed E-state index contributed by atoms with van der Waals surface area (Å²) in [6.45, 7) is 4.39. The van der Waals surface area contributed by atoms with Gasteiger partial charge >= 0.3 is 6.18 Å². The number of nitrogens with one attached hydrogen (secondary N) is 2. The Morgan fingerprint density at radius 2 is 1.89 bits per heavy atom. The maximum atomic E-state index is 12.3. The number of alkyl halides is 3. The summed E-state index contributed by atoms with van der Waals surface area (Å²) in [4.78, 5) is 6.04. The lowest BCUT2D eigenvalue weighted by molar-refractivity contribution is -0.143. The molecule has 27 heavy (non-hydrogen) atoms. The van der Waals surface area contributed by atoms with Gasteiger partial charge in [0.05, 0.1) is 6.54 Å². The van der Waals surface area contributed by atoms with Crippen LogP contribution in [0.2, 0.25) is 0 Å². The first-order valence-electron chi connectivity index (χ1n) is 9.57. The maximum Gasteiger partial charge on any atom is 0.401 e. The Bertz CT molecular complexity index is 416. The van der Waals surface area contributed by atoms with E-state index in [0.717, 1.165) is 32.1 Å². The molecule has 0 heterocycles. The van der Waals surface area contributed by atoms with Crippen molar-refractivity contribution in [2.24, 2.45) is 10.4 Å². The van der Waals surface area contributed by atoms with Crippen molar-refractivity contribution in [1.29, 1.82) is 0 Å². The van der Waals surface area contributed by atoms with Crippen molar-refractivity contribution >= 4 is 29.9 Å². The number of ether oxygens (including phenoxy) is 1. The average molecular weight is 508 g/mol. The van der Waals surface area contributed by atoms with Crippen molar-refractivity contribution in [3.63, 3.8) is 0 Å². The lowest BCUT2D eigenvalue weighted by Gasteiger charge is -2.27. The van der Waals surface area contributed by atoms with Gasteiger partial charge in [0, 0.05) is 33.4 Å². The zero-order valence-corrected chi connectivity index (χ0v) is 19.2. The number of rotatable bonds is 11. The third kappa shape index (κ3) is 12.0. The molecule has 1 rings (SSSR count). The summed E-state index contributed by atoms with van der Waals surface area (Å²) >= 11 is 0. The number of nitrogens with zero attached hydrogens (tertiary/aromatic N) is 2. The molecule has 0 saturated heterocycles. The SMILES string of the molecule is CCNC(=NCC1(CCOC)CCCC1)NCCCN(C)CC(F)(F)F.I. The molecule has 0 atom stereocenters. The van der Waals surface area contributed by atoms with Crippen LogP contribution in [0.1, 0.15) is 45.4 Å². The van der Waals surface area contributed by atoms with Gasteiger partial charge in [-0.1, -0.05) is 12.8 Å². The third-order valence-electron chi connectivity index (χ3n) is 4.88. The van der Waals surface area contributed by atoms with Crippen molar-refractivity contribution < 1.29 is 17.9 Å². The predicted octanol–water partition coefficient (Wildman–Crippen LogP) is 3.64. The Balaban J connectivity index is 0.00000676. The molecular weight excluding hydrogens is 472 g/mol. The average Bonchev–Trinajstić information content (AvgIpc) is 3.02. The van der Waals surface area contributed by atoms with Crippen molar-refractivity contribution in [2.45, 2.75) is 51.6 Å². The summed E-state index contributed by atoms with van der Waals surface area (Å²) in [6, 6.07) is 0. The van der Waals surface area contributed by atoms with Crippen molar-refractivity contribution in [2.75, 3.05) is 53.5 Å². The fraction of sp³-hybridized carbons (Fsp3) is 0.944. The molecule has 0 aliphatic heterocycles. The van der Waals surface area contributed by atoms with Gasteiger partial charge < -0.3 is 15.4 Å². The van der Waals surface area contributed by atoms with Crippen LogP contribution in [-0.4, -0.2) is 70.5 Å². The molecule has 0 aromatic rings. The van der Waals surface area contributed by atoms with E-state index in [0.29, 0.717) is 19.5 Å². The van der Waals surface area contributed by atoms with E-state index in [9.17, 15) is 13.2 Å². The second kappa shape index (κ2) is 13.8. The Hall–Kier alpha value is -0.290. The van der Waals surface area contributed by atoms with Crippen molar-refractivity contribution in [3.05, 3.63) is 0 Å². The van der Waals surface area contributed by atoms with Crippen LogP contribution in [0.3, 0.4) is 0 Å². The zero-order chi connectivity index (χ0) is 19.5. The van der Waals surface area contributed by atoms with Gasteiger partial charge in [0.2, 0.25) is 0 Å². The molecule has 1 aliphatic carbocycles. The summed E-state index contributed by atoms with van der Waals surface area (Å²) in [6.07, 6.45) is 2.36. The molecule has 162 valence electrons. The van der Waals surface area contributed by atoms with E-state index >= 15 is 0 Å². The number of hydrogen-bond acceptors (Lipinski definition) is 3. The van der Waals surface area contributed by atoms with E-state index in [1.54, 1.807) is 7.11 Å². The summed E-state index contributed by atoms with van der Waals surface area (Å²) in [5.74, 6) is 0.745. The van der Waals surface area contributed by atoms with E-state index in [2.05, 4.69) is 10.6 Å². The largest absolute Gasteiger partial charge is 0.401 e. The molecule has 2 N–H and O–H groups in total. The monoisotopic (exact) mass is 508 g/mol. The van der Waals surface area contributed by atoms with Crippen molar-refractivity contribution in [3.8, 4) is 0 Å². The summed E-state index contributed by atoms with van der Waals surface area (Å²) in [7, 11) is 3.22. The van der Waals surface area contributed by atoms with Crippen LogP contribution in [0.15, 0.2) is 4.99 Å². The molecule has 0 aromatic carbocycles. The standard InChI is InChI=1S/C18H35F3N4O.HI/c1-4-22-16(23-11-7-12-25(2)15-18(19,20)21)24-14-17(10-13-26-3)8-5-6-9-17;/h4-15H2,1-3H3,(H2,22,23,24);1H. The topological polar surface area (TPSA) is 48.9 Å². The first-order valence-corrected chi connectivity index (χ1v) is 9.57. The summed E-state index contributed by atoms with van der Waals surface area (Å²) in [5, 5.41) is 6.46. The number of aliphatic imine (C=N–C) groups is 1. The van der Waals surface area contributed by atoms with Crippen molar-refractivity contribution in [1.82, 2.24) is 15.5 Å². The maximum absolute atomic E-state index is 12.3. The number of halogens is 4. The molecule has 5 nitrogen and oxygen atoms in total. The zero-order valence-electron chi connectivity index (χ0n) is 16.8. The van der Waals surface area contributed by atoms with Crippen LogP contribution in [0.5, 0.6) is 0 Å².